The van der Waals surface area contributed by atoms with Gasteiger partial charge < -0.3 is 4.90 Å². The smallest absolute Gasteiger partial charge is 0.339 e. The van der Waals surface area contributed by atoms with E-state index in [0.29, 0.717) is 37.0 Å². The molecule has 1 aromatic heterocycles. The minimum Gasteiger partial charge on any atom is -0.339 e. The van der Waals surface area contributed by atoms with Crippen molar-refractivity contribution in [2.24, 2.45) is 5.92 Å². The van der Waals surface area contributed by atoms with E-state index in [2.05, 4.69) is 0 Å². The number of likely N-dealkylation sites (tertiary alicyclic amines) is 1. The van der Waals surface area contributed by atoms with Crippen molar-refractivity contribution in [2.45, 2.75) is 39.8 Å². The minimum atomic E-state index is -4.53. The highest BCUT2D eigenvalue weighted by atomic mass is 35.5. The molecular weight excluding hydrogens is 516 g/mol. The quantitative estimate of drug-likeness (QED) is 0.372. The van der Waals surface area contributed by atoms with Crippen LogP contribution in [0.2, 0.25) is 10.0 Å². The monoisotopic (exact) mass is 538 g/mol. The van der Waals surface area contributed by atoms with Gasteiger partial charge in [0, 0.05) is 30.6 Å². The summed E-state index contributed by atoms with van der Waals surface area (Å²) in [6.45, 7) is 5.41. The first-order valence-electron chi connectivity index (χ1n) is 11.3. The molecule has 10 heteroatoms. The van der Waals surface area contributed by atoms with Crippen molar-refractivity contribution >= 4 is 51.7 Å². The van der Waals surface area contributed by atoms with Crippen LogP contribution in [-0.2, 0) is 11.0 Å². The first-order chi connectivity index (χ1) is 16.8. The van der Waals surface area contributed by atoms with Crippen LogP contribution in [0.5, 0.6) is 0 Å². The van der Waals surface area contributed by atoms with Crippen molar-refractivity contribution in [3.63, 3.8) is 0 Å². The zero-order valence-corrected chi connectivity index (χ0v) is 21.3. The third-order valence-electron chi connectivity index (χ3n) is 6.73. The Balaban J connectivity index is 1.74. The molecule has 1 amide bonds. The predicted molar refractivity (Wildman–Crippen MR) is 132 cm³/mol. The van der Waals surface area contributed by atoms with E-state index in [4.69, 9.17) is 23.2 Å². The molecule has 0 spiro atoms. The summed E-state index contributed by atoms with van der Waals surface area (Å²) in [5.74, 6) is -1.03. The standard InChI is InChI=1S/C26H23Cl2F3N2O3/c1-13-10-17(26(29,30)31)11-19-14(2)12-33(23(13)19)25(36)21-20(27)5-4-18(22(21)28)24(35)32-8-6-16(7-9-32)15(3)34/h4-5,10-12,16H,6-9H2,1-3H3. The summed E-state index contributed by atoms with van der Waals surface area (Å²) in [5, 5.41) is 0.166. The molecular formula is C26H23Cl2F3N2O3. The van der Waals surface area contributed by atoms with E-state index in [9.17, 15) is 27.6 Å². The Morgan fingerprint density at radius 1 is 0.972 bits per heavy atom. The molecule has 1 aliphatic rings. The van der Waals surface area contributed by atoms with Gasteiger partial charge in [-0.2, -0.15) is 13.2 Å². The second-order valence-electron chi connectivity index (χ2n) is 9.14. The van der Waals surface area contributed by atoms with Crippen LogP contribution in [0.15, 0.2) is 30.5 Å². The van der Waals surface area contributed by atoms with Crippen molar-refractivity contribution in [1.82, 2.24) is 9.47 Å². The molecule has 0 bridgehead atoms. The number of fused-ring (bicyclic) bond motifs is 1. The van der Waals surface area contributed by atoms with Crippen molar-refractivity contribution in [3.05, 3.63) is 68.3 Å². The van der Waals surface area contributed by atoms with Gasteiger partial charge in [0.15, 0.2) is 0 Å². The number of rotatable bonds is 3. The SMILES string of the molecule is CC(=O)C1CCN(C(=O)c2ccc(Cl)c(C(=O)n3cc(C)c4cc(C(F)(F)F)cc(C)c43)c2Cl)CC1. The zero-order chi connectivity index (χ0) is 26.5. The van der Waals surface area contributed by atoms with E-state index in [1.165, 1.54) is 36.7 Å². The minimum absolute atomic E-state index is 0.0147. The summed E-state index contributed by atoms with van der Waals surface area (Å²) >= 11 is 12.9. The molecule has 0 atom stereocenters. The van der Waals surface area contributed by atoms with Crippen molar-refractivity contribution in [3.8, 4) is 0 Å². The molecule has 1 fully saturated rings. The van der Waals surface area contributed by atoms with Crippen LogP contribution in [-0.4, -0.2) is 40.2 Å². The van der Waals surface area contributed by atoms with Gasteiger partial charge in [-0.3, -0.25) is 19.0 Å². The number of carbonyl (C=O) groups is 3. The van der Waals surface area contributed by atoms with Crippen molar-refractivity contribution < 1.29 is 27.6 Å². The molecule has 1 saturated heterocycles. The van der Waals surface area contributed by atoms with Gasteiger partial charge >= 0.3 is 6.18 Å². The fourth-order valence-electron chi connectivity index (χ4n) is 4.75. The van der Waals surface area contributed by atoms with Crippen LogP contribution in [0.1, 0.15) is 57.2 Å². The molecule has 0 N–H and O–H groups in total. The lowest BCUT2D eigenvalue weighted by molar-refractivity contribution is -0.137. The number of aromatic nitrogens is 1. The highest BCUT2D eigenvalue weighted by Gasteiger charge is 2.33. The lowest BCUT2D eigenvalue weighted by Gasteiger charge is -2.31. The molecule has 36 heavy (non-hydrogen) atoms. The zero-order valence-electron chi connectivity index (χ0n) is 19.8. The number of amides is 1. The maximum atomic E-state index is 13.6. The Morgan fingerprint density at radius 2 is 1.61 bits per heavy atom. The maximum absolute atomic E-state index is 13.6. The fourth-order valence-corrected chi connectivity index (χ4v) is 5.36. The van der Waals surface area contributed by atoms with Gasteiger partial charge in [-0.15, -0.1) is 0 Å². The van der Waals surface area contributed by atoms with Gasteiger partial charge in [0.1, 0.15) is 5.78 Å². The van der Waals surface area contributed by atoms with Crippen LogP contribution < -0.4 is 0 Å². The Morgan fingerprint density at radius 3 is 2.19 bits per heavy atom. The number of benzene rings is 2. The Hall–Kier alpha value is -2.84. The molecule has 1 aliphatic heterocycles. The first-order valence-corrected chi connectivity index (χ1v) is 12.1. The number of alkyl halides is 3. The van der Waals surface area contributed by atoms with Crippen molar-refractivity contribution in [2.75, 3.05) is 13.1 Å². The molecule has 0 aliphatic carbocycles. The highest BCUT2D eigenvalue weighted by Crippen LogP contribution is 2.37. The summed E-state index contributed by atoms with van der Waals surface area (Å²) in [7, 11) is 0. The topological polar surface area (TPSA) is 59.4 Å². The van der Waals surface area contributed by atoms with Gasteiger partial charge in [-0.25, -0.2) is 0 Å². The number of carbonyl (C=O) groups excluding carboxylic acids is 3. The second-order valence-corrected chi connectivity index (χ2v) is 9.92. The highest BCUT2D eigenvalue weighted by molar-refractivity contribution is 6.41. The fraction of sp³-hybridized carbons (Fsp3) is 0.346. The lowest BCUT2D eigenvalue weighted by atomic mass is 9.93. The van der Waals surface area contributed by atoms with E-state index in [-0.39, 0.29) is 49.7 Å². The predicted octanol–water partition coefficient (Wildman–Crippen LogP) is 6.71. The molecule has 3 aromatic rings. The van der Waals surface area contributed by atoms with E-state index in [0.717, 1.165) is 12.1 Å². The average molecular weight is 539 g/mol. The molecule has 0 unspecified atom stereocenters. The van der Waals surface area contributed by atoms with Gasteiger partial charge in [0.2, 0.25) is 0 Å². The molecule has 2 heterocycles. The lowest BCUT2D eigenvalue weighted by Crippen LogP contribution is -2.40. The summed E-state index contributed by atoms with van der Waals surface area (Å²) in [5.41, 5.74) is 0.210. The number of hydrogen-bond donors (Lipinski definition) is 0. The van der Waals surface area contributed by atoms with E-state index in [1.54, 1.807) is 11.8 Å². The largest absolute Gasteiger partial charge is 0.416 e. The molecule has 4 rings (SSSR count). The van der Waals surface area contributed by atoms with Crippen LogP contribution >= 0.6 is 23.2 Å². The number of ketones is 1. The number of aryl methyl sites for hydroxylation is 2. The van der Waals surface area contributed by atoms with E-state index < -0.39 is 17.6 Å². The van der Waals surface area contributed by atoms with Gasteiger partial charge in [-0.05, 0) is 69.0 Å². The second kappa shape index (κ2) is 9.56. The van der Waals surface area contributed by atoms with Crippen LogP contribution in [0, 0.1) is 19.8 Å². The Bertz CT molecular complexity index is 1400. The first kappa shape index (κ1) is 26.2. The molecule has 0 radical (unpaired) electrons. The number of hydrogen-bond acceptors (Lipinski definition) is 3. The van der Waals surface area contributed by atoms with Crippen molar-refractivity contribution in [1.29, 1.82) is 0 Å². The van der Waals surface area contributed by atoms with Crippen LogP contribution in [0.4, 0.5) is 13.2 Å². The number of nitrogens with zero attached hydrogens (tertiary/aromatic N) is 2. The van der Waals surface area contributed by atoms with Crippen LogP contribution in [0.25, 0.3) is 10.9 Å². The van der Waals surface area contributed by atoms with Gasteiger partial charge in [0.05, 0.1) is 32.3 Å². The molecule has 190 valence electrons. The normalized spacial score (nSPS) is 14.9. The summed E-state index contributed by atoms with van der Waals surface area (Å²) in [4.78, 5) is 40.1. The Kier molecular flexibility index (Phi) is 6.96. The maximum Gasteiger partial charge on any atom is 0.416 e. The summed E-state index contributed by atoms with van der Waals surface area (Å²) in [6.07, 6.45) is -2.00. The third kappa shape index (κ3) is 4.64. The van der Waals surface area contributed by atoms with Crippen LogP contribution in [0.3, 0.4) is 0 Å². The number of piperidine rings is 1. The van der Waals surface area contributed by atoms with E-state index >= 15 is 0 Å². The Labute approximate surface area is 215 Å². The van der Waals surface area contributed by atoms with E-state index in [1.807, 2.05) is 0 Å². The van der Waals surface area contributed by atoms with Gasteiger partial charge in [-0.1, -0.05) is 23.2 Å². The third-order valence-corrected chi connectivity index (χ3v) is 7.44. The average Bonchev–Trinajstić information content (AvgIpc) is 3.15. The molecule has 0 saturated carbocycles. The number of halogens is 5. The molecule has 5 nitrogen and oxygen atoms in total. The number of Topliss-reactive ketones (excluding diaryl/α,β-unsaturated/α-hetero) is 1. The molecule has 2 aromatic carbocycles. The van der Waals surface area contributed by atoms with Gasteiger partial charge in [0.25, 0.3) is 11.8 Å². The summed E-state index contributed by atoms with van der Waals surface area (Å²) in [6, 6.07) is 4.85. The summed E-state index contributed by atoms with van der Waals surface area (Å²) < 4.78 is 41.2.